The zero-order valence-corrected chi connectivity index (χ0v) is 20.1. The van der Waals surface area contributed by atoms with Crippen LogP contribution in [0.2, 0.25) is 0 Å². The molecular formula is C28H32N4O3. The second-order valence-electron chi connectivity index (χ2n) is 9.53. The van der Waals surface area contributed by atoms with Gasteiger partial charge in [-0.2, -0.15) is 0 Å². The van der Waals surface area contributed by atoms with Gasteiger partial charge in [-0.05, 0) is 55.0 Å². The smallest absolute Gasteiger partial charge is 0.254 e. The maximum Gasteiger partial charge on any atom is 0.254 e. The molecule has 2 saturated heterocycles. The minimum atomic E-state index is -0.0178. The van der Waals surface area contributed by atoms with E-state index in [2.05, 4.69) is 27.3 Å². The summed E-state index contributed by atoms with van der Waals surface area (Å²) in [7, 11) is 1.66. The number of ether oxygens (including phenoxy) is 1. The van der Waals surface area contributed by atoms with Gasteiger partial charge >= 0.3 is 0 Å². The van der Waals surface area contributed by atoms with Crippen LogP contribution in [-0.4, -0.2) is 51.5 Å². The van der Waals surface area contributed by atoms with Crippen LogP contribution < -0.4 is 10.1 Å². The second kappa shape index (κ2) is 10.3. The lowest BCUT2D eigenvalue weighted by Gasteiger charge is -2.33. The SMILES string of the molecule is COc1ccc(C[C@@H]2C[C@@H]3NC(=O)CCCC[C@H]3N2C(=O)c2ccccc2Cn2ccnc2)cc1. The van der Waals surface area contributed by atoms with Gasteiger partial charge in [0.2, 0.25) is 5.91 Å². The average Bonchev–Trinajstić information content (AvgIpc) is 3.48. The monoisotopic (exact) mass is 472 g/mol. The summed E-state index contributed by atoms with van der Waals surface area (Å²) >= 11 is 0. The number of fused-ring (bicyclic) bond motifs is 1. The van der Waals surface area contributed by atoms with Gasteiger partial charge in [-0.15, -0.1) is 0 Å². The van der Waals surface area contributed by atoms with Crippen LogP contribution >= 0.6 is 0 Å². The highest BCUT2D eigenvalue weighted by atomic mass is 16.5. The molecule has 2 aliphatic rings. The molecule has 0 saturated carbocycles. The number of nitrogens with one attached hydrogen (secondary N) is 1. The summed E-state index contributed by atoms with van der Waals surface area (Å²) < 4.78 is 7.29. The lowest BCUT2D eigenvalue weighted by molar-refractivity contribution is -0.122. The number of amides is 2. The van der Waals surface area contributed by atoms with E-state index in [1.54, 1.807) is 19.6 Å². The number of imidazole rings is 1. The first-order valence-electron chi connectivity index (χ1n) is 12.4. The summed E-state index contributed by atoms with van der Waals surface area (Å²) in [6.07, 6.45) is 10.2. The summed E-state index contributed by atoms with van der Waals surface area (Å²) in [4.78, 5) is 32.9. The van der Waals surface area contributed by atoms with Crippen molar-refractivity contribution < 1.29 is 14.3 Å². The largest absolute Gasteiger partial charge is 0.497 e. The molecule has 0 aliphatic carbocycles. The minimum absolute atomic E-state index is 0.00343. The van der Waals surface area contributed by atoms with Gasteiger partial charge in [0, 0.05) is 37.0 Å². The molecule has 3 aromatic rings. The first-order valence-corrected chi connectivity index (χ1v) is 12.4. The third-order valence-corrected chi connectivity index (χ3v) is 7.27. The molecule has 3 atom stereocenters. The Labute approximate surface area is 206 Å². The molecule has 7 heteroatoms. The Morgan fingerprint density at radius 1 is 1.14 bits per heavy atom. The number of nitrogens with zero attached hydrogens (tertiary/aromatic N) is 3. The van der Waals surface area contributed by atoms with Crippen molar-refractivity contribution in [3.63, 3.8) is 0 Å². The number of carbonyl (C=O) groups is 2. The molecule has 35 heavy (non-hydrogen) atoms. The van der Waals surface area contributed by atoms with Crippen molar-refractivity contribution in [2.75, 3.05) is 7.11 Å². The number of benzene rings is 2. The number of carbonyl (C=O) groups excluding carboxylic acids is 2. The van der Waals surface area contributed by atoms with Crippen LogP contribution in [0.5, 0.6) is 5.75 Å². The van der Waals surface area contributed by atoms with E-state index in [0.717, 1.165) is 54.5 Å². The first kappa shape index (κ1) is 23.1. The van der Waals surface area contributed by atoms with Gasteiger partial charge in [0.25, 0.3) is 5.91 Å². The van der Waals surface area contributed by atoms with E-state index < -0.39 is 0 Å². The Hall–Kier alpha value is -3.61. The topological polar surface area (TPSA) is 76.5 Å². The molecule has 2 aromatic carbocycles. The first-order chi connectivity index (χ1) is 17.1. The Morgan fingerprint density at radius 2 is 1.97 bits per heavy atom. The van der Waals surface area contributed by atoms with Crippen molar-refractivity contribution in [1.29, 1.82) is 0 Å². The predicted molar refractivity (Wildman–Crippen MR) is 133 cm³/mol. The molecular weight excluding hydrogens is 440 g/mol. The predicted octanol–water partition coefficient (Wildman–Crippen LogP) is 3.82. The van der Waals surface area contributed by atoms with E-state index in [4.69, 9.17) is 4.74 Å². The summed E-state index contributed by atoms with van der Waals surface area (Å²) in [5, 5.41) is 3.24. The van der Waals surface area contributed by atoms with Gasteiger partial charge in [0.05, 0.1) is 25.5 Å². The van der Waals surface area contributed by atoms with E-state index in [0.29, 0.717) is 13.0 Å². The molecule has 3 heterocycles. The van der Waals surface area contributed by atoms with Crippen molar-refractivity contribution in [2.45, 2.75) is 63.2 Å². The fourth-order valence-corrected chi connectivity index (χ4v) is 5.56. The Balaban J connectivity index is 1.47. The van der Waals surface area contributed by atoms with Crippen molar-refractivity contribution in [1.82, 2.24) is 19.8 Å². The fraction of sp³-hybridized carbons (Fsp3) is 0.393. The standard InChI is InChI=1S/C28H32N4O3/c1-35-23-12-10-20(11-13-23)16-22-17-25-26(8-4-5-9-27(33)30-25)32(22)28(34)24-7-3-2-6-21(24)18-31-15-14-29-19-31/h2-3,6-7,10-15,19,22,25-26H,4-5,8-9,16-18H2,1H3,(H,30,33)/t22-,25+,26-/m1/s1. The zero-order valence-electron chi connectivity index (χ0n) is 20.1. The normalized spacial score (nSPS) is 22.1. The van der Waals surface area contributed by atoms with Crippen LogP contribution in [0.15, 0.2) is 67.3 Å². The van der Waals surface area contributed by atoms with Crippen LogP contribution in [0, 0.1) is 0 Å². The molecule has 2 amide bonds. The minimum Gasteiger partial charge on any atom is -0.497 e. The summed E-state index contributed by atoms with van der Waals surface area (Å²) in [6.45, 7) is 0.587. The highest BCUT2D eigenvalue weighted by Crippen LogP contribution is 2.34. The number of likely N-dealkylation sites (tertiary alicyclic amines) is 1. The molecule has 0 spiro atoms. The maximum absolute atomic E-state index is 14.2. The fourth-order valence-electron chi connectivity index (χ4n) is 5.56. The molecule has 2 aliphatic heterocycles. The van der Waals surface area contributed by atoms with E-state index in [1.807, 2.05) is 47.2 Å². The van der Waals surface area contributed by atoms with Crippen LogP contribution in [0.3, 0.4) is 0 Å². The van der Waals surface area contributed by atoms with Crippen molar-refractivity contribution >= 4 is 11.8 Å². The number of aromatic nitrogens is 2. The lowest BCUT2D eigenvalue weighted by Crippen LogP contribution is -2.49. The van der Waals surface area contributed by atoms with Gasteiger partial charge in [-0.1, -0.05) is 36.8 Å². The number of hydrogen-bond acceptors (Lipinski definition) is 4. The molecule has 1 N–H and O–H groups in total. The number of rotatable bonds is 6. The van der Waals surface area contributed by atoms with Gasteiger partial charge in [0.15, 0.2) is 0 Å². The molecule has 5 rings (SSSR count). The van der Waals surface area contributed by atoms with Crippen molar-refractivity contribution in [3.05, 3.63) is 83.9 Å². The molecule has 0 bridgehead atoms. The Kier molecular flexibility index (Phi) is 6.84. The Morgan fingerprint density at radius 3 is 2.74 bits per heavy atom. The average molecular weight is 473 g/mol. The molecule has 0 unspecified atom stereocenters. The van der Waals surface area contributed by atoms with E-state index in [-0.39, 0.29) is 29.9 Å². The Bertz CT molecular complexity index is 1160. The lowest BCUT2D eigenvalue weighted by atomic mass is 9.97. The van der Waals surface area contributed by atoms with Gasteiger partial charge in [-0.3, -0.25) is 9.59 Å². The van der Waals surface area contributed by atoms with Gasteiger partial charge in [-0.25, -0.2) is 4.98 Å². The van der Waals surface area contributed by atoms with Crippen molar-refractivity contribution in [2.24, 2.45) is 0 Å². The number of methoxy groups -OCH3 is 1. The van der Waals surface area contributed by atoms with Crippen LogP contribution in [-0.2, 0) is 17.8 Å². The molecule has 2 fully saturated rings. The van der Waals surface area contributed by atoms with E-state index in [1.165, 1.54) is 0 Å². The summed E-state index contributed by atoms with van der Waals surface area (Å²) in [6, 6.07) is 15.9. The van der Waals surface area contributed by atoms with E-state index >= 15 is 0 Å². The highest BCUT2D eigenvalue weighted by molar-refractivity contribution is 5.96. The summed E-state index contributed by atoms with van der Waals surface area (Å²) in [5.74, 6) is 0.953. The molecule has 0 radical (unpaired) electrons. The third-order valence-electron chi connectivity index (χ3n) is 7.27. The van der Waals surface area contributed by atoms with E-state index in [9.17, 15) is 9.59 Å². The zero-order chi connectivity index (χ0) is 24.2. The van der Waals surface area contributed by atoms with Crippen LogP contribution in [0.25, 0.3) is 0 Å². The van der Waals surface area contributed by atoms with Crippen LogP contribution in [0.4, 0.5) is 0 Å². The van der Waals surface area contributed by atoms with Crippen LogP contribution in [0.1, 0.15) is 53.6 Å². The molecule has 7 nitrogen and oxygen atoms in total. The summed E-state index contributed by atoms with van der Waals surface area (Å²) in [5.41, 5.74) is 2.84. The number of hydrogen-bond donors (Lipinski definition) is 1. The maximum atomic E-state index is 14.2. The van der Waals surface area contributed by atoms with Gasteiger partial charge < -0.3 is 19.5 Å². The molecule has 182 valence electrons. The molecule has 1 aromatic heterocycles. The highest BCUT2D eigenvalue weighted by Gasteiger charge is 2.45. The third kappa shape index (κ3) is 5.09. The van der Waals surface area contributed by atoms with Crippen molar-refractivity contribution in [3.8, 4) is 5.75 Å². The second-order valence-corrected chi connectivity index (χ2v) is 9.53. The quantitative estimate of drug-likeness (QED) is 0.592. The van der Waals surface area contributed by atoms with Gasteiger partial charge in [0.1, 0.15) is 5.75 Å².